The number of ether oxygens (including phenoxy) is 1. The van der Waals surface area contributed by atoms with Gasteiger partial charge in [0.25, 0.3) is 5.91 Å². The third-order valence-corrected chi connectivity index (χ3v) is 3.75. The van der Waals surface area contributed by atoms with E-state index in [4.69, 9.17) is 22.1 Å². The Balaban J connectivity index is 1.91. The fraction of sp³-hybridized carbons (Fsp3) is 0.429. The van der Waals surface area contributed by atoms with Crippen molar-refractivity contribution in [3.05, 3.63) is 28.8 Å². The van der Waals surface area contributed by atoms with Crippen LogP contribution in [0.4, 0.5) is 5.69 Å². The van der Waals surface area contributed by atoms with E-state index in [9.17, 15) is 9.59 Å². The summed E-state index contributed by atoms with van der Waals surface area (Å²) in [4.78, 5) is 27.8. The van der Waals surface area contributed by atoms with Gasteiger partial charge in [-0.1, -0.05) is 17.7 Å². The van der Waals surface area contributed by atoms with Crippen LogP contribution < -0.4 is 5.73 Å². The van der Waals surface area contributed by atoms with Crippen molar-refractivity contribution in [1.29, 1.82) is 0 Å². The van der Waals surface area contributed by atoms with Gasteiger partial charge in [0.2, 0.25) is 0 Å². The molecule has 1 aliphatic heterocycles. The van der Waals surface area contributed by atoms with Crippen molar-refractivity contribution >= 4 is 29.2 Å². The van der Waals surface area contributed by atoms with Gasteiger partial charge < -0.3 is 20.3 Å². The molecule has 1 aromatic carbocycles. The van der Waals surface area contributed by atoms with E-state index in [-0.39, 0.29) is 28.8 Å². The molecule has 1 fully saturated rings. The molecule has 0 atom stereocenters. The topological polar surface area (TPSA) is 75.9 Å². The highest BCUT2D eigenvalue weighted by Gasteiger charge is 2.22. The van der Waals surface area contributed by atoms with Crippen LogP contribution in [-0.4, -0.2) is 61.5 Å². The van der Waals surface area contributed by atoms with Gasteiger partial charge in [-0.25, -0.2) is 4.79 Å². The molecule has 6 nitrogen and oxygen atoms in total. The van der Waals surface area contributed by atoms with E-state index in [0.717, 1.165) is 13.1 Å². The molecule has 1 heterocycles. The van der Waals surface area contributed by atoms with E-state index in [1.807, 2.05) is 7.05 Å². The Morgan fingerprint density at radius 1 is 1.29 bits per heavy atom. The highest BCUT2D eigenvalue weighted by molar-refractivity contribution is 6.34. The van der Waals surface area contributed by atoms with Crippen LogP contribution in [0.25, 0.3) is 0 Å². The number of likely N-dealkylation sites (N-methyl/N-ethyl adjacent to an activating group) is 1. The molecule has 114 valence electrons. The first kappa shape index (κ1) is 15.6. The third kappa shape index (κ3) is 3.86. The molecule has 0 aliphatic carbocycles. The monoisotopic (exact) mass is 311 g/mol. The summed E-state index contributed by atoms with van der Waals surface area (Å²) in [5.74, 6) is -0.886. The number of nitrogens with two attached hydrogens (primary N) is 1. The van der Waals surface area contributed by atoms with Gasteiger partial charge in [0.1, 0.15) is 5.56 Å². The van der Waals surface area contributed by atoms with Gasteiger partial charge >= 0.3 is 5.97 Å². The average molecular weight is 312 g/mol. The Kier molecular flexibility index (Phi) is 5.03. The number of carbonyl (C=O) groups excluding carboxylic acids is 2. The number of nitrogen functional groups attached to an aromatic ring is 1. The zero-order valence-electron chi connectivity index (χ0n) is 11.8. The number of nitrogens with zero attached hydrogens (tertiary/aromatic N) is 2. The normalized spacial score (nSPS) is 15.8. The van der Waals surface area contributed by atoms with Crippen molar-refractivity contribution in [3.8, 4) is 0 Å². The number of rotatable bonds is 3. The maximum absolute atomic E-state index is 12.0. The van der Waals surface area contributed by atoms with Crippen molar-refractivity contribution in [2.24, 2.45) is 0 Å². The molecule has 0 spiro atoms. The number of carbonyl (C=O) groups is 2. The van der Waals surface area contributed by atoms with Gasteiger partial charge in [0.15, 0.2) is 6.61 Å². The van der Waals surface area contributed by atoms with Crippen LogP contribution in [0.1, 0.15) is 10.4 Å². The molecule has 0 aromatic heterocycles. The van der Waals surface area contributed by atoms with Crippen molar-refractivity contribution in [2.45, 2.75) is 0 Å². The van der Waals surface area contributed by atoms with Crippen LogP contribution >= 0.6 is 11.6 Å². The maximum atomic E-state index is 12.0. The summed E-state index contributed by atoms with van der Waals surface area (Å²) < 4.78 is 5.02. The summed E-state index contributed by atoms with van der Waals surface area (Å²) in [6, 6.07) is 4.76. The first-order valence-corrected chi connectivity index (χ1v) is 7.04. The van der Waals surface area contributed by atoms with Crippen molar-refractivity contribution in [2.75, 3.05) is 45.6 Å². The molecule has 2 rings (SSSR count). The second-order valence-corrected chi connectivity index (χ2v) is 5.37. The molecule has 1 aliphatic rings. The number of benzene rings is 1. The molecule has 0 radical (unpaired) electrons. The molecule has 1 saturated heterocycles. The van der Waals surface area contributed by atoms with Crippen LogP contribution in [0.3, 0.4) is 0 Å². The van der Waals surface area contributed by atoms with Crippen molar-refractivity contribution in [3.63, 3.8) is 0 Å². The van der Waals surface area contributed by atoms with E-state index in [1.54, 1.807) is 23.1 Å². The van der Waals surface area contributed by atoms with Gasteiger partial charge in [-0.3, -0.25) is 4.79 Å². The second-order valence-electron chi connectivity index (χ2n) is 4.96. The minimum atomic E-state index is -0.680. The number of anilines is 1. The molecule has 2 N–H and O–H groups in total. The average Bonchev–Trinajstić information content (AvgIpc) is 2.45. The smallest absolute Gasteiger partial charge is 0.342 e. The lowest BCUT2D eigenvalue weighted by atomic mass is 10.2. The molecular weight excluding hydrogens is 294 g/mol. The highest BCUT2D eigenvalue weighted by Crippen LogP contribution is 2.22. The minimum Gasteiger partial charge on any atom is -0.452 e. The highest BCUT2D eigenvalue weighted by atomic mass is 35.5. The minimum absolute atomic E-state index is 0.102. The predicted octanol–water partition coefficient (Wildman–Crippen LogP) is 0.853. The fourth-order valence-corrected chi connectivity index (χ4v) is 2.36. The van der Waals surface area contributed by atoms with Crippen LogP contribution in [-0.2, 0) is 9.53 Å². The van der Waals surface area contributed by atoms with Gasteiger partial charge in [-0.2, -0.15) is 0 Å². The number of hydrogen-bond acceptors (Lipinski definition) is 5. The summed E-state index contributed by atoms with van der Waals surface area (Å²) in [5.41, 5.74) is 6.04. The van der Waals surface area contributed by atoms with Crippen molar-refractivity contribution in [1.82, 2.24) is 9.80 Å². The van der Waals surface area contributed by atoms with Crippen LogP contribution in [0, 0.1) is 0 Å². The zero-order chi connectivity index (χ0) is 15.4. The van der Waals surface area contributed by atoms with E-state index in [0.29, 0.717) is 13.1 Å². The Bertz CT molecular complexity index is 522. The van der Waals surface area contributed by atoms with E-state index in [1.165, 1.54) is 0 Å². The summed E-state index contributed by atoms with van der Waals surface area (Å²) in [6.45, 7) is 2.61. The molecule has 21 heavy (non-hydrogen) atoms. The van der Waals surface area contributed by atoms with Crippen LogP contribution in [0.15, 0.2) is 18.2 Å². The first-order valence-electron chi connectivity index (χ1n) is 6.66. The Morgan fingerprint density at radius 2 is 1.95 bits per heavy atom. The molecule has 1 aromatic rings. The quantitative estimate of drug-likeness (QED) is 0.661. The standard InChI is InChI=1S/C14H18ClN3O3/c1-17-5-7-18(8-6-17)12(19)9-21-14(20)13-10(15)3-2-4-11(13)16/h2-4H,5-9,16H2,1H3. The van der Waals surface area contributed by atoms with E-state index < -0.39 is 5.97 Å². The lowest BCUT2D eigenvalue weighted by Gasteiger charge is -2.32. The van der Waals surface area contributed by atoms with E-state index in [2.05, 4.69) is 4.90 Å². The number of amides is 1. The van der Waals surface area contributed by atoms with Crippen LogP contribution in [0.2, 0.25) is 5.02 Å². The molecule has 1 amide bonds. The maximum Gasteiger partial charge on any atom is 0.342 e. The molecular formula is C14H18ClN3O3. The fourth-order valence-electron chi connectivity index (χ4n) is 2.10. The molecule has 0 bridgehead atoms. The lowest BCUT2D eigenvalue weighted by Crippen LogP contribution is -2.48. The van der Waals surface area contributed by atoms with Gasteiger partial charge in [-0.05, 0) is 19.2 Å². The summed E-state index contributed by atoms with van der Waals surface area (Å²) in [5, 5.41) is 0.215. The SMILES string of the molecule is CN1CCN(C(=O)COC(=O)c2c(N)cccc2Cl)CC1. The van der Waals surface area contributed by atoms with Crippen molar-refractivity contribution < 1.29 is 14.3 Å². The first-order chi connectivity index (χ1) is 9.99. The zero-order valence-corrected chi connectivity index (χ0v) is 12.6. The lowest BCUT2D eigenvalue weighted by molar-refractivity contribution is -0.136. The Labute approximate surface area is 128 Å². The second kappa shape index (κ2) is 6.78. The number of hydrogen-bond donors (Lipinski definition) is 1. The molecule has 0 saturated carbocycles. The Morgan fingerprint density at radius 3 is 2.57 bits per heavy atom. The summed E-state index contributed by atoms with van der Waals surface area (Å²) in [6.07, 6.45) is 0. The third-order valence-electron chi connectivity index (χ3n) is 3.43. The number of halogens is 1. The summed E-state index contributed by atoms with van der Waals surface area (Å²) >= 11 is 5.92. The predicted molar refractivity (Wildman–Crippen MR) is 80.2 cm³/mol. The van der Waals surface area contributed by atoms with E-state index >= 15 is 0 Å². The molecule has 0 unspecified atom stereocenters. The summed E-state index contributed by atoms with van der Waals surface area (Å²) in [7, 11) is 2.00. The molecule has 7 heteroatoms. The largest absolute Gasteiger partial charge is 0.452 e. The van der Waals surface area contributed by atoms with Gasteiger partial charge in [0.05, 0.1) is 5.02 Å². The Hall–Kier alpha value is -1.79. The van der Waals surface area contributed by atoms with Gasteiger partial charge in [-0.15, -0.1) is 0 Å². The van der Waals surface area contributed by atoms with Gasteiger partial charge in [0, 0.05) is 31.9 Å². The number of piperazine rings is 1. The number of esters is 1. The van der Waals surface area contributed by atoms with Crippen LogP contribution in [0.5, 0.6) is 0 Å².